The van der Waals surface area contributed by atoms with Gasteiger partial charge in [0.05, 0.1) is 6.54 Å². The summed E-state index contributed by atoms with van der Waals surface area (Å²) in [5.74, 6) is 1.66. The van der Waals surface area contributed by atoms with E-state index in [0.29, 0.717) is 25.7 Å². The first kappa shape index (κ1) is 23.5. The van der Waals surface area contributed by atoms with E-state index in [1.165, 1.54) is 4.88 Å². The standard InChI is InChI=1S/C23H35N5O2S/c1-4-21-16-25-22(31-21)17-27-23(24-2)26-15-18-6-5-7-20(14-18)30-13-10-28(3)19-8-11-29-12-9-19/h5-7,14,16,19H,4,8-13,15,17H2,1-3H3,(H2,24,26,27). The number of hydrogen-bond donors (Lipinski definition) is 2. The molecule has 31 heavy (non-hydrogen) atoms. The fourth-order valence-electron chi connectivity index (χ4n) is 3.52. The molecule has 3 rings (SSSR count). The predicted molar refractivity (Wildman–Crippen MR) is 127 cm³/mol. The van der Waals surface area contributed by atoms with Crippen molar-refractivity contribution in [1.29, 1.82) is 0 Å². The number of benzene rings is 1. The van der Waals surface area contributed by atoms with Gasteiger partial charge >= 0.3 is 0 Å². The molecular weight excluding hydrogens is 410 g/mol. The first-order chi connectivity index (χ1) is 15.2. The maximum absolute atomic E-state index is 6.01. The van der Waals surface area contributed by atoms with Crippen LogP contribution in [0.3, 0.4) is 0 Å². The van der Waals surface area contributed by atoms with Gasteiger partial charge in [-0.2, -0.15) is 0 Å². The molecule has 2 aromatic rings. The van der Waals surface area contributed by atoms with E-state index >= 15 is 0 Å². The number of guanidine groups is 1. The van der Waals surface area contributed by atoms with Crippen molar-refractivity contribution in [1.82, 2.24) is 20.5 Å². The summed E-state index contributed by atoms with van der Waals surface area (Å²) in [6, 6.07) is 8.83. The number of hydrogen-bond acceptors (Lipinski definition) is 6. The van der Waals surface area contributed by atoms with Gasteiger partial charge in [-0.25, -0.2) is 4.98 Å². The number of aryl methyl sites for hydroxylation is 1. The third-order valence-corrected chi connectivity index (χ3v) is 6.61. The number of nitrogens with zero attached hydrogens (tertiary/aromatic N) is 3. The van der Waals surface area contributed by atoms with E-state index in [0.717, 1.165) is 61.3 Å². The molecule has 1 saturated heterocycles. The molecule has 1 fully saturated rings. The van der Waals surface area contributed by atoms with Crippen molar-refractivity contribution in [3.8, 4) is 5.75 Å². The quantitative estimate of drug-likeness (QED) is 0.433. The molecule has 0 atom stereocenters. The fraction of sp³-hybridized carbons (Fsp3) is 0.565. The number of rotatable bonds is 10. The van der Waals surface area contributed by atoms with Gasteiger partial charge in [0.1, 0.15) is 17.4 Å². The Kier molecular flexibility index (Phi) is 9.58. The molecule has 170 valence electrons. The molecule has 2 heterocycles. The Morgan fingerprint density at radius 1 is 1.29 bits per heavy atom. The molecule has 0 spiro atoms. The predicted octanol–water partition coefficient (Wildman–Crippen LogP) is 3.06. The second kappa shape index (κ2) is 12.6. The van der Waals surface area contributed by atoms with E-state index in [1.807, 2.05) is 18.3 Å². The Labute approximate surface area is 189 Å². The van der Waals surface area contributed by atoms with Crippen LogP contribution in [0.4, 0.5) is 0 Å². The van der Waals surface area contributed by atoms with Crippen molar-refractivity contribution in [2.45, 2.75) is 45.3 Å². The van der Waals surface area contributed by atoms with Crippen LogP contribution in [0.15, 0.2) is 35.5 Å². The number of aromatic nitrogens is 1. The molecule has 1 aromatic heterocycles. The third kappa shape index (κ3) is 7.79. The summed E-state index contributed by atoms with van der Waals surface area (Å²) < 4.78 is 11.5. The molecule has 8 heteroatoms. The molecule has 0 saturated carbocycles. The summed E-state index contributed by atoms with van der Waals surface area (Å²) in [6.07, 6.45) is 5.18. The van der Waals surface area contributed by atoms with Crippen LogP contribution in [0.5, 0.6) is 5.75 Å². The molecule has 0 aliphatic carbocycles. The Morgan fingerprint density at radius 2 is 2.10 bits per heavy atom. The van der Waals surface area contributed by atoms with Gasteiger partial charge in [-0.1, -0.05) is 19.1 Å². The van der Waals surface area contributed by atoms with Crippen LogP contribution in [0.1, 0.15) is 35.2 Å². The average Bonchev–Trinajstić information content (AvgIpc) is 3.28. The molecular formula is C23H35N5O2S. The molecule has 0 bridgehead atoms. The number of thiazole rings is 1. The van der Waals surface area contributed by atoms with E-state index in [1.54, 1.807) is 18.4 Å². The van der Waals surface area contributed by atoms with E-state index in [-0.39, 0.29) is 0 Å². The Morgan fingerprint density at radius 3 is 2.84 bits per heavy atom. The fourth-order valence-corrected chi connectivity index (χ4v) is 4.32. The zero-order chi connectivity index (χ0) is 21.9. The van der Waals surface area contributed by atoms with Gasteiger partial charge in [0.2, 0.25) is 0 Å². The molecule has 0 radical (unpaired) electrons. The summed E-state index contributed by atoms with van der Waals surface area (Å²) in [4.78, 5) is 12.4. The molecule has 1 aromatic carbocycles. The maximum atomic E-state index is 6.01. The minimum atomic E-state index is 0.602. The highest BCUT2D eigenvalue weighted by molar-refractivity contribution is 7.11. The van der Waals surface area contributed by atoms with Gasteiger partial charge < -0.3 is 20.1 Å². The minimum Gasteiger partial charge on any atom is -0.492 e. The maximum Gasteiger partial charge on any atom is 0.191 e. The molecule has 2 N–H and O–H groups in total. The first-order valence-electron chi connectivity index (χ1n) is 11.1. The lowest BCUT2D eigenvalue weighted by Crippen LogP contribution is -2.38. The van der Waals surface area contributed by atoms with Crippen LogP contribution in [0, 0.1) is 0 Å². The van der Waals surface area contributed by atoms with E-state index in [2.05, 4.69) is 51.6 Å². The van der Waals surface area contributed by atoms with E-state index in [9.17, 15) is 0 Å². The highest BCUT2D eigenvalue weighted by Gasteiger charge is 2.17. The number of ether oxygens (including phenoxy) is 2. The summed E-state index contributed by atoms with van der Waals surface area (Å²) in [5.41, 5.74) is 1.15. The van der Waals surface area contributed by atoms with Gasteiger partial charge in [-0.15, -0.1) is 11.3 Å². The summed E-state index contributed by atoms with van der Waals surface area (Å²) in [5, 5.41) is 7.76. The summed E-state index contributed by atoms with van der Waals surface area (Å²) in [6.45, 7) is 6.83. The normalized spacial score (nSPS) is 15.3. The Hall–Kier alpha value is -2.16. The van der Waals surface area contributed by atoms with Gasteiger partial charge in [0.25, 0.3) is 0 Å². The largest absolute Gasteiger partial charge is 0.492 e. The lowest BCUT2D eigenvalue weighted by molar-refractivity contribution is 0.0392. The Balaban J connectivity index is 1.40. The third-order valence-electron chi connectivity index (χ3n) is 5.47. The average molecular weight is 446 g/mol. The van der Waals surface area contributed by atoms with Gasteiger partial charge in [0.15, 0.2) is 5.96 Å². The zero-order valence-corrected chi connectivity index (χ0v) is 19.7. The van der Waals surface area contributed by atoms with Crippen molar-refractivity contribution in [2.75, 3.05) is 40.5 Å². The highest BCUT2D eigenvalue weighted by atomic mass is 32.1. The van der Waals surface area contributed by atoms with Crippen molar-refractivity contribution < 1.29 is 9.47 Å². The van der Waals surface area contributed by atoms with Crippen LogP contribution < -0.4 is 15.4 Å². The Bertz CT molecular complexity index is 820. The van der Waals surface area contributed by atoms with Crippen LogP contribution >= 0.6 is 11.3 Å². The van der Waals surface area contributed by atoms with Crippen LogP contribution in [0.25, 0.3) is 0 Å². The number of likely N-dealkylation sites (N-methyl/N-ethyl adjacent to an activating group) is 1. The van der Waals surface area contributed by atoms with Gasteiger partial charge in [-0.05, 0) is 44.0 Å². The lowest BCUT2D eigenvalue weighted by Gasteiger charge is -2.31. The van der Waals surface area contributed by atoms with E-state index in [4.69, 9.17) is 9.47 Å². The number of nitrogens with one attached hydrogen (secondary N) is 2. The topological polar surface area (TPSA) is 71.0 Å². The van der Waals surface area contributed by atoms with E-state index < -0.39 is 0 Å². The molecule has 1 aliphatic heterocycles. The molecule has 7 nitrogen and oxygen atoms in total. The second-order valence-corrected chi connectivity index (χ2v) is 8.87. The monoisotopic (exact) mass is 445 g/mol. The van der Waals surface area contributed by atoms with Crippen LogP contribution in [0.2, 0.25) is 0 Å². The first-order valence-corrected chi connectivity index (χ1v) is 11.9. The second-order valence-electron chi connectivity index (χ2n) is 7.67. The van der Waals surface area contributed by atoms with Crippen molar-refractivity contribution in [3.05, 3.63) is 45.9 Å². The molecule has 0 unspecified atom stereocenters. The van der Waals surface area contributed by atoms with Crippen molar-refractivity contribution in [2.24, 2.45) is 4.99 Å². The van der Waals surface area contributed by atoms with Crippen LogP contribution in [-0.4, -0.2) is 62.3 Å². The summed E-state index contributed by atoms with van der Waals surface area (Å²) >= 11 is 1.74. The van der Waals surface area contributed by atoms with Gasteiger partial charge in [-0.3, -0.25) is 9.89 Å². The number of aliphatic imine (C=N–C) groups is 1. The molecule has 0 amide bonds. The highest BCUT2D eigenvalue weighted by Crippen LogP contribution is 2.15. The SMILES string of the molecule is CCc1cnc(CNC(=NC)NCc2cccc(OCCN(C)C3CCOCC3)c2)s1. The lowest BCUT2D eigenvalue weighted by atomic mass is 10.1. The van der Waals surface area contributed by atoms with Gasteiger partial charge in [0, 0.05) is 50.5 Å². The minimum absolute atomic E-state index is 0.602. The smallest absolute Gasteiger partial charge is 0.191 e. The van der Waals surface area contributed by atoms with Crippen molar-refractivity contribution >= 4 is 17.3 Å². The van der Waals surface area contributed by atoms with Crippen molar-refractivity contribution in [3.63, 3.8) is 0 Å². The van der Waals surface area contributed by atoms with Crippen LogP contribution in [-0.2, 0) is 24.2 Å². The zero-order valence-electron chi connectivity index (χ0n) is 18.9. The summed E-state index contributed by atoms with van der Waals surface area (Å²) in [7, 11) is 3.95. The molecule has 1 aliphatic rings.